The number of furan rings is 1. The number of anilines is 1. The molecule has 0 unspecified atom stereocenters. The van der Waals surface area contributed by atoms with Crippen molar-refractivity contribution in [1.29, 1.82) is 0 Å². The molecule has 3 aromatic heterocycles. The molecular formula is C21H26N6O3S. The summed E-state index contributed by atoms with van der Waals surface area (Å²) in [7, 11) is 1.97. The highest BCUT2D eigenvalue weighted by atomic mass is 32.1. The van der Waals surface area contributed by atoms with Gasteiger partial charge in [0.25, 0.3) is 5.91 Å². The van der Waals surface area contributed by atoms with E-state index in [0.717, 1.165) is 25.3 Å². The number of thiazole rings is 1. The minimum absolute atomic E-state index is 0.0580. The average molecular weight is 443 g/mol. The lowest BCUT2D eigenvalue weighted by molar-refractivity contribution is -0.132. The van der Waals surface area contributed by atoms with Gasteiger partial charge in [0.15, 0.2) is 10.9 Å². The molecule has 10 heteroatoms. The van der Waals surface area contributed by atoms with Gasteiger partial charge in [-0.25, -0.2) is 4.98 Å². The van der Waals surface area contributed by atoms with Gasteiger partial charge in [0.05, 0.1) is 24.1 Å². The fraction of sp³-hybridized carbons (Fsp3) is 0.429. The van der Waals surface area contributed by atoms with Crippen molar-refractivity contribution >= 4 is 28.3 Å². The number of carbonyl (C=O) groups is 2. The Kier molecular flexibility index (Phi) is 6.19. The quantitative estimate of drug-likeness (QED) is 0.629. The van der Waals surface area contributed by atoms with E-state index in [2.05, 4.69) is 27.2 Å². The van der Waals surface area contributed by atoms with Crippen molar-refractivity contribution < 1.29 is 14.0 Å². The average Bonchev–Trinajstić information content (AvgIpc) is 3.48. The standard InChI is InChI=1S/C21H26N6O3S/c1-14-17(15(2)25(3)24-14)12-26-6-8-27(9-7-26)19(28)11-16-13-31-21(22-16)23-20(29)18-5-4-10-30-18/h4-5,10,13H,6-9,11-12H2,1-3H3,(H,22,23,29). The number of rotatable bonds is 6. The van der Waals surface area contributed by atoms with Gasteiger partial charge in [-0.15, -0.1) is 11.3 Å². The molecule has 0 atom stereocenters. The molecule has 0 saturated carbocycles. The predicted octanol–water partition coefficient (Wildman–Crippen LogP) is 2.23. The number of hydrogen-bond donors (Lipinski definition) is 1. The highest BCUT2D eigenvalue weighted by Gasteiger charge is 2.23. The van der Waals surface area contributed by atoms with Gasteiger partial charge < -0.3 is 9.32 Å². The van der Waals surface area contributed by atoms with E-state index in [1.54, 1.807) is 17.5 Å². The molecule has 2 amide bonds. The first kappa shape index (κ1) is 21.3. The molecule has 0 bridgehead atoms. The Morgan fingerprint density at radius 1 is 1.23 bits per heavy atom. The Labute approximate surface area is 184 Å². The Hall–Kier alpha value is -2.98. The summed E-state index contributed by atoms with van der Waals surface area (Å²) in [5.74, 6) is -0.0718. The molecule has 1 N–H and O–H groups in total. The summed E-state index contributed by atoms with van der Waals surface area (Å²) in [4.78, 5) is 33.4. The molecule has 4 heterocycles. The van der Waals surface area contributed by atoms with Gasteiger partial charge in [-0.2, -0.15) is 5.10 Å². The van der Waals surface area contributed by atoms with E-state index in [1.807, 2.05) is 23.6 Å². The van der Waals surface area contributed by atoms with E-state index in [-0.39, 0.29) is 24.0 Å². The van der Waals surface area contributed by atoms with Gasteiger partial charge >= 0.3 is 0 Å². The number of aryl methyl sites for hydroxylation is 2. The molecule has 0 spiro atoms. The van der Waals surface area contributed by atoms with Gasteiger partial charge in [-0.3, -0.25) is 24.5 Å². The number of amides is 2. The molecule has 3 aromatic rings. The maximum Gasteiger partial charge on any atom is 0.293 e. The predicted molar refractivity (Wildman–Crippen MR) is 117 cm³/mol. The molecule has 4 rings (SSSR count). The third kappa shape index (κ3) is 4.86. The molecule has 9 nitrogen and oxygen atoms in total. The second-order valence-corrected chi connectivity index (χ2v) is 8.54. The zero-order valence-electron chi connectivity index (χ0n) is 17.9. The van der Waals surface area contributed by atoms with Crippen LogP contribution in [0.3, 0.4) is 0 Å². The number of nitrogens with zero attached hydrogens (tertiary/aromatic N) is 5. The lowest BCUT2D eigenvalue weighted by atomic mass is 10.1. The summed E-state index contributed by atoms with van der Waals surface area (Å²) >= 11 is 1.30. The van der Waals surface area contributed by atoms with Crippen LogP contribution < -0.4 is 5.32 Å². The second kappa shape index (κ2) is 9.03. The van der Waals surface area contributed by atoms with Crippen LogP contribution in [-0.2, 0) is 24.8 Å². The molecule has 1 saturated heterocycles. The minimum atomic E-state index is -0.354. The third-order valence-electron chi connectivity index (χ3n) is 5.62. The van der Waals surface area contributed by atoms with Crippen LogP contribution in [0.15, 0.2) is 28.2 Å². The van der Waals surface area contributed by atoms with Gasteiger partial charge in [0.2, 0.25) is 5.91 Å². The number of piperazine rings is 1. The molecule has 0 aliphatic carbocycles. The van der Waals surface area contributed by atoms with Crippen molar-refractivity contribution in [2.75, 3.05) is 31.5 Å². The van der Waals surface area contributed by atoms with Gasteiger partial charge in [0, 0.05) is 56.4 Å². The van der Waals surface area contributed by atoms with Crippen molar-refractivity contribution in [3.63, 3.8) is 0 Å². The van der Waals surface area contributed by atoms with Crippen LogP contribution in [0.5, 0.6) is 0 Å². The molecule has 1 fully saturated rings. The van der Waals surface area contributed by atoms with E-state index in [0.29, 0.717) is 23.9 Å². The van der Waals surface area contributed by atoms with Crippen LogP contribution in [0.2, 0.25) is 0 Å². The first-order valence-corrected chi connectivity index (χ1v) is 11.1. The Morgan fingerprint density at radius 3 is 2.65 bits per heavy atom. The largest absolute Gasteiger partial charge is 0.459 e. The maximum absolute atomic E-state index is 12.7. The number of nitrogens with one attached hydrogen (secondary N) is 1. The van der Waals surface area contributed by atoms with Crippen LogP contribution in [0.1, 0.15) is 33.2 Å². The van der Waals surface area contributed by atoms with E-state index >= 15 is 0 Å². The maximum atomic E-state index is 12.7. The van der Waals surface area contributed by atoms with Crippen molar-refractivity contribution in [3.8, 4) is 0 Å². The normalized spacial score (nSPS) is 14.7. The fourth-order valence-electron chi connectivity index (χ4n) is 3.70. The summed E-state index contributed by atoms with van der Waals surface area (Å²) in [6.45, 7) is 8.06. The fourth-order valence-corrected chi connectivity index (χ4v) is 4.41. The van der Waals surface area contributed by atoms with Crippen molar-refractivity contribution in [2.45, 2.75) is 26.8 Å². The summed E-state index contributed by atoms with van der Waals surface area (Å²) in [5, 5.41) is 9.44. The molecule has 0 radical (unpaired) electrons. The minimum Gasteiger partial charge on any atom is -0.459 e. The smallest absolute Gasteiger partial charge is 0.293 e. The highest BCUT2D eigenvalue weighted by molar-refractivity contribution is 7.14. The Morgan fingerprint density at radius 2 is 2.00 bits per heavy atom. The first-order valence-electron chi connectivity index (χ1n) is 10.2. The number of carbonyl (C=O) groups excluding carboxylic acids is 2. The van der Waals surface area contributed by atoms with E-state index in [9.17, 15) is 9.59 Å². The summed E-state index contributed by atoms with van der Waals surface area (Å²) in [6.07, 6.45) is 1.67. The van der Waals surface area contributed by atoms with Gasteiger partial charge in [-0.1, -0.05) is 0 Å². The lowest BCUT2D eigenvalue weighted by Gasteiger charge is -2.34. The second-order valence-electron chi connectivity index (χ2n) is 7.68. The van der Waals surface area contributed by atoms with Crippen molar-refractivity contribution in [3.05, 3.63) is 52.2 Å². The van der Waals surface area contributed by atoms with Crippen LogP contribution >= 0.6 is 11.3 Å². The van der Waals surface area contributed by atoms with E-state index in [4.69, 9.17) is 4.42 Å². The monoisotopic (exact) mass is 442 g/mol. The van der Waals surface area contributed by atoms with Gasteiger partial charge in [0.1, 0.15) is 0 Å². The summed E-state index contributed by atoms with van der Waals surface area (Å²) in [6, 6.07) is 3.24. The molecule has 31 heavy (non-hydrogen) atoms. The Bertz CT molecular complexity index is 1060. The summed E-state index contributed by atoms with van der Waals surface area (Å²) in [5.41, 5.74) is 4.19. The zero-order chi connectivity index (χ0) is 22.0. The third-order valence-corrected chi connectivity index (χ3v) is 6.42. The number of hydrogen-bond acceptors (Lipinski definition) is 7. The van der Waals surface area contributed by atoms with Crippen LogP contribution in [-0.4, -0.2) is 62.6 Å². The SMILES string of the molecule is Cc1nn(C)c(C)c1CN1CCN(C(=O)Cc2csc(NC(=O)c3ccco3)n2)CC1. The van der Waals surface area contributed by atoms with E-state index in [1.165, 1.54) is 28.9 Å². The van der Waals surface area contributed by atoms with Crippen LogP contribution in [0.25, 0.3) is 0 Å². The van der Waals surface area contributed by atoms with Gasteiger partial charge in [-0.05, 0) is 26.0 Å². The highest BCUT2D eigenvalue weighted by Crippen LogP contribution is 2.19. The summed E-state index contributed by atoms with van der Waals surface area (Å²) < 4.78 is 6.99. The topological polar surface area (TPSA) is 96.5 Å². The molecule has 0 aromatic carbocycles. The number of aromatic nitrogens is 3. The zero-order valence-corrected chi connectivity index (χ0v) is 18.7. The van der Waals surface area contributed by atoms with Crippen LogP contribution in [0.4, 0.5) is 5.13 Å². The Balaban J connectivity index is 1.26. The molecule has 164 valence electrons. The van der Waals surface area contributed by atoms with Crippen LogP contribution in [0, 0.1) is 13.8 Å². The molecular weight excluding hydrogens is 416 g/mol. The molecule has 1 aliphatic heterocycles. The van der Waals surface area contributed by atoms with E-state index < -0.39 is 0 Å². The van der Waals surface area contributed by atoms with Crippen molar-refractivity contribution in [1.82, 2.24) is 24.6 Å². The first-order chi connectivity index (χ1) is 14.9. The lowest BCUT2D eigenvalue weighted by Crippen LogP contribution is -2.48. The molecule has 1 aliphatic rings. The van der Waals surface area contributed by atoms with Crippen molar-refractivity contribution in [2.24, 2.45) is 7.05 Å².